The second-order valence-corrected chi connectivity index (χ2v) is 11.5. The molecule has 0 heterocycles. The SMILES string of the molecule is Cc1cc(C)c(-c2cccc(-c3c(C)cc(C)cc3C)c2P=PC2C=CC=C2)c(C)c1. The Bertz CT molecular complexity index is 1110. The minimum absolute atomic E-state index is 0.503. The van der Waals surface area contributed by atoms with Crippen LogP contribution in [0, 0.1) is 41.5 Å². The zero-order valence-corrected chi connectivity index (χ0v) is 21.1. The summed E-state index contributed by atoms with van der Waals surface area (Å²) in [6.45, 7) is 13.4. The van der Waals surface area contributed by atoms with Crippen molar-refractivity contribution in [1.82, 2.24) is 0 Å². The van der Waals surface area contributed by atoms with Crippen molar-refractivity contribution in [2.75, 3.05) is 0 Å². The summed E-state index contributed by atoms with van der Waals surface area (Å²) >= 11 is 0. The molecule has 0 saturated heterocycles. The Kier molecular flexibility index (Phi) is 6.43. The van der Waals surface area contributed by atoms with Crippen LogP contribution in [0.2, 0.25) is 0 Å². The van der Waals surface area contributed by atoms with E-state index in [-0.39, 0.29) is 0 Å². The Hall–Kier alpha value is -2.26. The van der Waals surface area contributed by atoms with E-state index in [9.17, 15) is 0 Å². The maximum absolute atomic E-state index is 2.32. The minimum atomic E-state index is 0.503. The van der Waals surface area contributed by atoms with E-state index in [0.717, 1.165) is 0 Å². The summed E-state index contributed by atoms with van der Waals surface area (Å²) < 4.78 is 0. The van der Waals surface area contributed by atoms with E-state index < -0.39 is 0 Å². The molecule has 0 amide bonds. The van der Waals surface area contributed by atoms with E-state index in [4.69, 9.17) is 0 Å². The first-order chi connectivity index (χ1) is 14.8. The van der Waals surface area contributed by atoms with Gasteiger partial charge in [-0.15, -0.1) is 0 Å². The van der Waals surface area contributed by atoms with Gasteiger partial charge in [0.05, 0.1) is 0 Å². The summed E-state index contributed by atoms with van der Waals surface area (Å²) in [6, 6.07) is 16.2. The predicted octanol–water partition coefficient (Wildman–Crippen LogP) is 8.80. The molecule has 0 saturated carbocycles. The molecule has 0 bridgehead atoms. The normalized spacial score (nSPS) is 13.6. The van der Waals surface area contributed by atoms with Gasteiger partial charge in [0, 0.05) is 11.0 Å². The van der Waals surface area contributed by atoms with Gasteiger partial charge < -0.3 is 0 Å². The largest absolute Gasteiger partial charge is 0.0691 e. The number of hydrogen-bond acceptors (Lipinski definition) is 0. The van der Waals surface area contributed by atoms with Gasteiger partial charge >= 0.3 is 0 Å². The van der Waals surface area contributed by atoms with Crippen molar-refractivity contribution < 1.29 is 0 Å². The molecule has 0 aliphatic heterocycles. The highest BCUT2D eigenvalue weighted by atomic mass is 31.7. The average Bonchev–Trinajstić information content (AvgIpc) is 3.19. The van der Waals surface area contributed by atoms with Crippen molar-refractivity contribution in [3.8, 4) is 22.3 Å². The van der Waals surface area contributed by atoms with Gasteiger partial charge in [0.15, 0.2) is 0 Å². The van der Waals surface area contributed by atoms with E-state index in [1.54, 1.807) is 0 Å². The maximum atomic E-state index is 2.32. The van der Waals surface area contributed by atoms with Crippen molar-refractivity contribution in [2.24, 2.45) is 0 Å². The maximum Gasteiger partial charge on any atom is 0.0418 e. The number of benzene rings is 3. The predicted molar refractivity (Wildman–Crippen MR) is 141 cm³/mol. The highest BCUT2D eigenvalue weighted by Gasteiger charge is 2.17. The molecule has 0 unspecified atom stereocenters. The highest BCUT2D eigenvalue weighted by molar-refractivity contribution is 7.88. The molecule has 3 aromatic carbocycles. The zero-order chi connectivity index (χ0) is 22.1. The van der Waals surface area contributed by atoms with Crippen LogP contribution in [0.5, 0.6) is 0 Å². The second-order valence-electron chi connectivity index (χ2n) is 8.73. The van der Waals surface area contributed by atoms with Crippen LogP contribution < -0.4 is 5.30 Å². The number of allylic oxidation sites excluding steroid dienone is 4. The number of hydrogen-bond donors (Lipinski definition) is 0. The van der Waals surface area contributed by atoms with Gasteiger partial charge in [0.1, 0.15) is 0 Å². The first kappa shape index (κ1) is 22.0. The number of rotatable bonds is 4. The summed E-state index contributed by atoms with van der Waals surface area (Å²) in [5, 5.41) is 1.45. The molecule has 2 heteroatoms. The Morgan fingerprint density at radius 2 is 1.03 bits per heavy atom. The molecule has 1 aliphatic carbocycles. The topological polar surface area (TPSA) is 0 Å². The van der Waals surface area contributed by atoms with Gasteiger partial charge in [-0.1, -0.05) is 85.8 Å². The van der Waals surface area contributed by atoms with Gasteiger partial charge in [-0.05, 0) is 93.9 Å². The third-order valence-electron chi connectivity index (χ3n) is 5.95. The molecular formula is C29H30P2. The Balaban J connectivity index is 2.00. The monoisotopic (exact) mass is 440 g/mol. The molecule has 0 fully saturated rings. The second kappa shape index (κ2) is 9.08. The minimum Gasteiger partial charge on any atom is -0.0691 e. The molecular weight excluding hydrogens is 410 g/mol. The lowest BCUT2D eigenvalue weighted by atomic mass is 9.89. The Morgan fingerprint density at radius 3 is 1.45 bits per heavy atom. The van der Waals surface area contributed by atoms with Crippen molar-refractivity contribution >= 4 is 21.0 Å². The van der Waals surface area contributed by atoms with E-state index in [0.29, 0.717) is 5.66 Å². The summed E-state index contributed by atoms with van der Waals surface area (Å²) in [5.41, 5.74) is 14.2. The van der Waals surface area contributed by atoms with E-state index >= 15 is 0 Å². The molecule has 1 aliphatic rings. The summed E-state index contributed by atoms with van der Waals surface area (Å²) in [7, 11) is 2.76. The van der Waals surface area contributed by atoms with E-state index in [1.807, 2.05) is 0 Å². The van der Waals surface area contributed by atoms with Crippen molar-refractivity contribution in [1.29, 1.82) is 0 Å². The lowest BCUT2D eigenvalue weighted by Crippen LogP contribution is -2.07. The van der Waals surface area contributed by atoms with Gasteiger partial charge in [0.2, 0.25) is 0 Å². The smallest absolute Gasteiger partial charge is 0.0418 e. The third-order valence-corrected chi connectivity index (χ3v) is 9.10. The molecule has 0 N–H and O–H groups in total. The van der Waals surface area contributed by atoms with Gasteiger partial charge in [-0.3, -0.25) is 0 Å². The lowest BCUT2D eigenvalue weighted by Gasteiger charge is -2.19. The lowest BCUT2D eigenvalue weighted by molar-refractivity contribution is 1.32. The average molecular weight is 441 g/mol. The molecule has 0 atom stereocenters. The molecule has 31 heavy (non-hydrogen) atoms. The molecule has 3 aromatic rings. The molecule has 0 radical (unpaired) electrons. The Morgan fingerprint density at radius 1 is 0.613 bits per heavy atom. The highest BCUT2D eigenvalue weighted by Crippen LogP contribution is 2.38. The van der Waals surface area contributed by atoms with Crippen LogP contribution in [0.1, 0.15) is 33.4 Å². The standard InChI is InChI=1S/C29H30P2/c1-18-14-20(3)27(21(4)15-18)25-12-9-13-26(28-22(5)16-19(2)17-23(28)6)29(25)31-30-24-10-7-8-11-24/h7-17,24H,1-6H3. The molecule has 0 spiro atoms. The molecule has 0 nitrogen and oxygen atoms in total. The quantitative estimate of drug-likeness (QED) is 0.356. The zero-order valence-electron chi connectivity index (χ0n) is 19.3. The van der Waals surface area contributed by atoms with E-state index in [1.165, 1.54) is 76.7 Å². The summed E-state index contributed by atoms with van der Waals surface area (Å²) in [6.07, 6.45) is 8.95. The van der Waals surface area contributed by atoms with Crippen LogP contribution in [0.3, 0.4) is 0 Å². The van der Waals surface area contributed by atoms with Crippen LogP contribution in [0.15, 0.2) is 66.8 Å². The van der Waals surface area contributed by atoms with Gasteiger partial charge in [-0.2, -0.15) is 0 Å². The van der Waals surface area contributed by atoms with E-state index in [2.05, 4.69) is 108 Å². The third kappa shape index (κ3) is 4.52. The van der Waals surface area contributed by atoms with Crippen LogP contribution in [-0.2, 0) is 0 Å². The van der Waals surface area contributed by atoms with Gasteiger partial charge in [-0.25, -0.2) is 0 Å². The van der Waals surface area contributed by atoms with Crippen molar-refractivity contribution in [2.45, 2.75) is 47.2 Å². The van der Waals surface area contributed by atoms with Crippen LogP contribution in [-0.4, -0.2) is 5.66 Å². The molecule has 0 aromatic heterocycles. The molecule has 156 valence electrons. The fraction of sp³-hybridized carbons (Fsp3) is 0.241. The first-order valence-corrected chi connectivity index (χ1v) is 13.5. The number of aryl methyl sites for hydroxylation is 6. The summed E-state index contributed by atoms with van der Waals surface area (Å²) in [5.74, 6) is 0. The fourth-order valence-electron chi connectivity index (χ4n) is 4.89. The molecule has 4 rings (SSSR count). The first-order valence-electron chi connectivity index (χ1n) is 10.9. The van der Waals surface area contributed by atoms with Gasteiger partial charge in [0.25, 0.3) is 0 Å². The van der Waals surface area contributed by atoms with Crippen LogP contribution in [0.25, 0.3) is 22.3 Å². The van der Waals surface area contributed by atoms with Crippen molar-refractivity contribution in [3.63, 3.8) is 0 Å². The fourth-order valence-corrected chi connectivity index (χ4v) is 7.93. The van der Waals surface area contributed by atoms with Crippen molar-refractivity contribution in [3.05, 3.63) is 100 Å². The summed E-state index contributed by atoms with van der Waals surface area (Å²) in [4.78, 5) is 0. The van der Waals surface area contributed by atoms with Crippen LogP contribution in [0.4, 0.5) is 0 Å². The van der Waals surface area contributed by atoms with Crippen LogP contribution >= 0.6 is 15.7 Å². The Labute approximate surface area is 190 Å².